The van der Waals surface area contributed by atoms with E-state index in [0.29, 0.717) is 28.1 Å². The van der Waals surface area contributed by atoms with Crippen molar-refractivity contribution >= 4 is 17.3 Å². The van der Waals surface area contributed by atoms with Gasteiger partial charge in [-0.2, -0.15) is 0 Å². The highest BCUT2D eigenvalue weighted by Crippen LogP contribution is 2.38. The zero-order valence-corrected chi connectivity index (χ0v) is 16.2. The molecule has 1 amide bonds. The zero-order valence-electron chi connectivity index (χ0n) is 16.2. The SMILES string of the molecule is CC(C)(C)c1ccc(-c2[nH]c(O)c3c2C(=O)N=C3c2ccc([N+](=O)[O-])cc2)cc1. The molecule has 3 aromatic rings. The van der Waals surface area contributed by atoms with Crippen LogP contribution in [0.1, 0.15) is 47.8 Å². The lowest BCUT2D eigenvalue weighted by Gasteiger charge is -2.19. The minimum absolute atomic E-state index is 0.000369. The molecule has 1 aromatic heterocycles. The van der Waals surface area contributed by atoms with E-state index in [-0.39, 0.29) is 17.0 Å². The Bertz CT molecular complexity index is 1160. The number of rotatable bonds is 3. The molecule has 0 radical (unpaired) electrons. The molecule has 0 atom stereocenters. The van der Waals surface area contributed by atoms with Gasteiger partial charge in [-0.05, 0) is 28.7 Å². The molecule has 0 bridgehead atoms. The van der Waals surface area contributed by atoms with Crippen molar-refractivity contribution in [2.45, 2.75) is 26.2 Å². The average Bonchev–Trinajstić information content (AvgIpc) is 3.20. The van der Waals surface area contributed by atoms with E-state index in [1.165, 1.54) is 24.3 Å². The molecule has 4 rings (SSSR count). The third-order valence-electron chi connectivity index (χ3n) is 5.04. The first-order chi connectivity index (χ1) is 13.7. The number of fused-ring (bicyclic) bond motifs is 1. The third-order valence-corrected chi connectivity index (χ3v) is 5.04. The molecule has 0 saturated heterocycles. The fraction of sp³-hybridized carbons (Fsp3) is 0.182. The summed E-state index contributed by atoms with van der Waals surface area (Å²) in [5.74, 6) is -0.613. The lowest BCUT2D eigenvalue weighted by Crippen LogP contribution is -2.10. The van der Waals surface area contributed by atoms with Crippen LogP contribution in [-0.4, -0.2) is 26.6 Å². The summed E-state index contributed by atoms with van der Waals surface area (Å²) in [6.07, 6.45) is 0. The first-order valence-electron chi connectivity index (χ1n) is 9.11. The molecule has 2 N–H and O–H groups in total. The van der Waals surface area contributed by atoms with E-state index in [1.54, 1.807) is 0 Å². The van der Waals surface area contributed by atoms with Crippen LogP contribution in [0, 0.1) is 10.1 Å². The molecule has 1 aliphatic rings. The Morgan fingerprint density at radius 3 is 2.10 bits per heavy atom. The highest BCUT2D eigenvalue weighted by Gasteiger charge is 2.33. The van der Waals surface area contributed by atoms with Gasteiger partial charge in [0, 0.05) is 17.7 Å². The van der Waals surface area contributed by atoms with Crippen molar-refractivity contribution in [1.29, 1.82) is 0 Å². The summed E-state index contributed by atoms with van der Waals surface area (Å²) in [6.45, 7) is 6.36. The minimum Gasteiger partial charge on any atom is -0.494 e. The predicted octanol–water partition coefficient (Wildman–Crippen LogP) is 4.58. The number of H-pyrrole nitrogens is 1. The zero-order chi connectivity index (χ0) is 20.9. The lowest BCUT2D eigenvalue weighted by atomic mass is 9.86. The maximum absolute atomic E-state index is 12.6. The number of nitrogens with one attached hydrogen (secondary N) is 1. The monoisotopic (exact) mass is 389 g/mol. The molecule has 7 nitrogen and oxygen atoms in total. The largest absolute Gasteiger partial charge is 0.494 e. The van der Waals surface area contributed by atoms with Gasteiger partial charge < -0.3 is 10.1 Å². The standard InChI is InChI=1S/C22H19N3O4/c1-22(2,3)14-8-4-12(5-9-14)18-16-17(21(27)23-18)19(24-20(16)26)13-6-10-15(11-7-13)25(28)29/h4-11,23,27H,1-3H3. The number of benzene rings is 2. The van der Waals surface area contributed by atoms with Crippen LogP contribution < -0.4 is 0 Å². The molecule has 2 heterocycles. The van der Waals surface area contributed by atoms with Crippen molar-refractivity contribution in [2.24, 2.45) is 4.99 Å². The Balaban J connectivity index is 1.77. The molecule has 0 fully saturated rings. The van der Waals surface area contributed by atoms with Gasteiger partial charge in [0.1, 0.15) is 0 Å². The summed E-state index contributed by atoms with van der Waals surface area (Å²) in [5, 5.41) is 21.4. The average molecular weight is 389 g/mol. The van der Waals surface area contributed by atoms with Crippen LogP contribution >= 0.6 is 0 Å². The second-order valence-electron chi connectivity index (χ2n) is 8.00. The fourth-order valence-corrected chi connectivity index (χ4v) is 3.45. The Morgan fingerprint density at radius 2 is 1.55 bits per heavy atom. The van der Waals surface area contributed by atoms with E-state index in [0.717, 1.165) is 11.1 Å². The summed E-state index contributed by atoms with van der Waals surface area (Å²) < 4.78 is 0. The van der Waals surface area contributed by atoms with Crippen LogP contribution in [0.25, 0.3) is 11.3 Å². The van der Waals surface area contributed by atoms with Gasteiger partial charge in [-0.3, -0.25) is 14.9 Å². The first-order valence-corrected chi connectivity index (χ1v) is 9.11. The number of aromatic nitrogens is 1. The molecular weight excluding hydrogens is 370 g/mol. The Hall–Kier alpha value is -3.74. The van der Waals surface area contributed by atoms with Gasteiger partial charge in [0.15, 0.2) is 5.88 Å². The number of nitro benzene ring substituents is 1. The number of aromatic amines is 1. The summed E-state index contributed by atoms with van der Waals surface area (Å²) in [7, 11) is 0. The smallest absolute Gasteiger partial charge is 0.280 e. The molecular formula is C22H19N3O4. The van der Waals surface area contributed by atoms with E-state index in [2.05, 4.69) is 30.7 Å². The van der Waals surface area contributed by atoms with Crippen LogP contribution in [0.5, 0.6) is 5.88 Å². The predicted molar refractivity (Wildman–Crippen MR) is 110 cm³/mol. The molecule has 0 unspecified atom stereocenters. The number of hydrogen-bond acceptors (Lipinski definition) is 4. The Morgan fingerprint density at radius 1 is 0.966 bits per heavy atom. The van der Waals surface area contributed by atoms with Crippen molar-refractivity contribution in [2.75, 3.05) is 0 Å². The molecule has 0 saturated carbocycles. The van der Waals surface area contributed by atoms with Crippen LogP contribution in [0.3, 0.4) is 0 Å². The number of carbonyl (C=O) groups excluding carboxylic acids is 1. The van der Waals surface area contributed by atoms with Crippen LogP contribution in [0.15, 0.2) is 53.5 Å². The number of non-ortho nitro benzene ring substituents is 1. The van der Waals surface area contributed by atoms with E-state index >= 15 is 0 Å². The fourth-order valence-electron chi connectivity index (χ4n) is 3.45. The molecule has 2 aromatic carbocycles. The second kappa shape index (κ2) is 6.41. The third kappa shape index (κ3) is 3.10. The van der Waals surface area contributed by atoms with Gasteiger partial charge in [0.05, 0.1) is 27.5 Å². The second-order valence-corrected chi connectivity index (χ2v) is 8.00. The molecule has 1 aliphatic heterocycles. The summed E-state index contributed by atoms with van der Waals surface area (Å²) >= 11 is 0. The quantitative estimate of drug-likeness (QED) is 0.504. The highest BCUT2D eigenvalue weighted by atomic mass is 16.6. The van der Waals surface area contributed by atoms with Crippen molar-refractivity contribution < 1.29 is 14.8 Å². The number of aromatic hydroxyl groups is 1. The summed E-state index contributed by atoms with van der Waals surface area (Å²) in [5.41, 5.74) is 3.81. The Labute approximate surface area is 166 Å². The van der Waals surface area contributed by atoms with Crippen molar-refractivity contribution in [3.63, 3.8) is 0 Å². The van der Waals surface area contributed by atoms with Crippen LogP contribution in [0.2, 0.25) is 0 Å². The number of carbonyl (C=O) groups is 1. The number of nitro groups is 1. The minimum atomic E-state index is -0.496. The number of hydrogen-bond donors (Lipinski definition) is 2. The van der Waals surface area contributed by atoms with Gasteiger partial charge in [-0.15, -0.1) is 0 Å². The summed E-state index contributed by atoms with van der Waals surface area (Å²) in [6, 6.07) is 13.5. The molecule has 29 heavy (non-hydrogen) atoms. The van der Waals surface area contributed by atoms with Gasteiger partial charge in [-0.25, -0.2) is 4.99 Å². The van der Waals surface area contributed by atoms with E-state index in [4.69, 9.17) is 0 Å². The van der Waals surface area contributed by atoms with Gasteiger partial charge >= 0.3 is 0 Å². The van der Waals surface area contributed by atoms with E-state index in [9.17, 15) is 20.0 Å². The normalized spacial score (nSPS) is 13.3. The van der Waals surface area contributed by atoms with Crippen molar-refractivity contribution in [1.82, 2.24) is 4.98 Å². The van der Waals surface area contributed by atoms with Crippen LogP contribution in [0.4, 0.5) is 5.69 Å². The molecule has 7 heteroatoms. The molecule has 0 spiro atoms. The van der Waals surface area contributed by atoms with Crippen molar-refractivity contribution in [3.8, 4) is 17.1 Å². The van der Waals surface area contributed by atoms with Crippen molar-refractivity contribution in [3.05, 3.63) is 80.9 Å². The molecule has 146 valence electrons. The lowest BCUT2D eigenvalue weighted by molar-refractivity contribution is -0.384. The van der Waals surface area contributed by atoms with Gasteiger partial charge in [-0.1, -0.05) is 45.0 Å². The Kier molecular flexibility index (Phi) is 4.11. The van der Waals surface area contributed by atoms with Gasteiger partial charge in [0.2, 0.25) is 0 Å². The first kappa shape index (κ1) is 18.6. The maximum atomic E-state index is 12.6. The number of aliphatic imine (C=N–C) groups is 1. The maximum Gasteiger partial charge on any atom is 0.280 e. The van der Waals surface area contributed by atoms with E-state index < -0.39 is 10.8 Å². The van der Waals surface area contributed by atoms with Gasteiger partial charge in [0.25, 0.3) is 11.6 Å². The van der Waals surface area contributed by atoms with E-state index in [1.807, 2.05) is 24.3 Å². The summed E-state index contributed by atoms with van der Waals surface area (Å²) in [4.78, 5) is 30.0. The molecule has 0 aliphatic carbocycles. The van der Waals surface area contributed by atoms with Crippen LogP contribution in [-0.2, 0) is 5.41 Å². The highest BCUT2D eigenvalue weighted by molar-refractivity contribution is 6.30. The number of amides is 1. The number of nitrogens with zero attached hydrogens (tertiary/aromatic N) is 2. The topological polar surface area (TPSA) is 109 Å².